The second-order valence-corrected chi connectivity index (χ2v) is 2.92. The molecule has 6 nitrogen and oxygen atoms in total. The van der Waals surface area contributed by atoms with Crippen molar-refractivity contribution in [3.8, 4) is 0 Å². The third-order valence-corrected chi connectivity index (χ3v) is 2.15. The molecule has 1 heterocycles. The molecule has 7 heteroatoms. The summed E-state index contributed by atoms with van der Waals surface area (Å²) < 4.78 is 7.67. The third kappa shape index (κ3) is 1.09. The zero-order valence-electron chi connectivity index (χ0n) is 6.30. The average Bonchev–Trinajstić information content (AvgIpc) is 2.53. The van der Waals surface area contributed by atoms with Crippen LogP contribution in [0.25, 0.3) is 11.0 Å². The van der Waals surface area contributed by atoms with Gasteiger partial charge >= 0.3 is 0 Å². The summed E-state index contributed by atoms with van der Waals surface area (Å²) in [6, 6.07) is 2.79. The summed E-state index contributed by atoms with van der Waals surface area (Å²) in [7, 11) is 0. The zero-order valence-corrected chi connectivity index (χ0v) is 7.11. The van der Waals surface area contributed by atoms with Crippen molar-refractivity contribution >= 4 is 34.1 Å². The highest BCUT2D eigenvalue weighted by molar-refractivity contribution is 7.00. The number of hydrogen-bond donors (Lipinski definition) is 1. The Morgan fingerprint density at radius 3 is 2.77 bits per heavy atom. The van der Waals surface area contributed by atoms with Crippen LogP contribution in [0, 0.1) is 10.1 Å². The molecule has 0 spiro atoms. The monoisotopic (exact) mass is 196 g/mol. The van der Waals surface area contributed by atoms with Crippen LogP contribution in [0.1, 0.15) is 0 Å². The van der Waals surface area contributed by atoms with Gasteiger partial charge in [-0.1, -0.05) is 0 Å². The van der Waals surface area contributed by atoms with E-state index in [9.17, 15) is 10.1 Å². The van der Waals surface area contributed by atoms with E-state index in [0.717, 1.165) is 11.7 Å². The van der Waals surface area contributed by atoms with E-state index < -0.39 is 4.92 Å². The molecular formula is C6H4N4O2S. The lowest BCUT2D eigenvalue weighted by Crippen LogP contribution is -1.92. The van der Waals surface area contributed by atoms with E-state index >= 15 is 0 Å². The summed E-state index contributed by atoms with van der Waals surface area (Å²) in [5.41, 5.74) is 6.57. The highest BCUT2D eigenvalue weighted by Crippen LogP contribution is 2.27. The van der Waals surface area contributed by atoms with E-state index in [1.807, 2.05) is 0 Å². The third-order valence-electron chi connectivity index (χ3n) is 1.62. The fraction of sp³-hybridized carbons (Fsp3) is 0. The standard InChI is InChI=1S/C6H4N4O2S/c7-3-1-2-4(10(11)12)6-5(3)8-13-9-6/h1-2H,7H2. The number of nitrogens with zero attached hydrogens (tertiary/aromatic N) is 3. The van der Waals surface area contributed by atoms with Crippen LogP contribution in [0.15, 0.2) is 12.1 Å². The molecule has 0 fully saturated rings. The summed E-state index contributed by atoms with van der Waals surface area (Å²) in [5, 5.41) is 10.5. The second-order valence-electron chi connectivity index (χ2n) is 2.39. The maximum Gasteiger partial charge on any atom is 0.298 e. The first kappa shape index (κ1) is 7.87. The maximum atomic E-state index is 10.5. The molecule has 0 atom stereocenters. The lowest BCUT2D eigenvalue weighted by Gasteiger charge is -1.93. The van der Waals surface area contributed by atoms with E-state index in [0.29, 0.717) is 11.2 Å². The first-order valence-corrected chi connectivity index (χ1v) is 4.08. The molecule has 1 aromatic carbocycles. The topological polar surface area (TPSA) is 94.9 Å². The minimum Gasteiger partial charge on any atom is -0.397 e. The van der Waals surface area contributed by atoms with E-state index in [2.05, 4.69) is 8.75 Å². The lowest BCUT2D eigenvalue weighted by atomic mass is 10.2. The van der Waals surface area contributed by atoms with Crippen LogP contribution in [0.4, 0.5) is 11.4 Å². The molecule has 66 valence electrons. The summed E-state index contributed by atoms with van der Waals surface area (Å²) in [5.74, 6) is 0. The van der Waals surface area contributed by atoms with Gasteiger partial charge in [-0.05, 0) is 6.07 Å². The number of fused-ring (bicyclic) bond motifs is 1. The van der Waals surface area contributed by atoms with Gasteiger partial charge in [0.2, 0.25) is 0 Å². The Bertz CT molecular complexity index is 480. The van der Waals surface area contributed by atoms with Gasteiger partial charge in [-0.25, -0.2) is 0 Å². The predicted octanol–water partition coefficient (Wildman–Crippen LogP) is 1.18. The van der Waals surface area contributed by atoms with E-state index in [1.54, 1.807) is 0 Å². The molecule has 2 N–H and O–H groups in total. The number of benzene rings is 1. The van der Waals surface area contributed by atoms with Crippen LogP contribution in [0.5, 0.6) is 0 Å². The summed E-state index contributed by atoms with van der Waals surface area (Å²) in [6.45, 7) is 0. The number of aromatic nitrogens is 2. The van der Waals surface area contributed by atoms with Gasteiger partial charge in [-0.3, -0.25) is 10.1 Å². The number of nitro groups is 1. The molecule has 0 saturated carbocycles. The fourth-order valence-corrected chi connectivity index (χ4v) is 1.60. The quantitative estimate of drug-likeness (QED) is 0.419. The molecule has 0 unspecified atom stereocenters. The Kier molecular flexibility index (Phi) is 1.59. The molecular weight excluding hydrogens is 192 g/mol. The highest BCUT2D eigenvalue weighted by Gasteiger charge is 2.16. The Morgan fingerprint density at radius 1 is 1.38 bits per heavy atom. The Labute approximate surface area is 76.5 Å². The molecule has 0 aliphatic rings. The summed E-state index contributed by atoms with van der Waals surface area (Å²) in [6.07, 6.45) is 0. The Balaban J connectivity index is 2.86. The minimum absolute atomic E-state index is 0.0575. The molecule has 0 aliphatic carbocycles. The molecule has 13 heavy (non-hydrogen) atoms. The Hall–Kier alpha value is -1.76. The molecule has 1 aromatic heterocycles. The minimum atomic E-state index is -0.497. The number of rotatable bonds is 1. The number of nitro benzene ring substituents is 1. The SMILES string of the molecule is Nc1ccc([N+](=O)[O-])c2nsnc12. The van der Waals surface area contributed by atoms with E-state index in [1.165, 1.54) is 12.1 Å². The van der Waals surface area contributed by atoms with Crippen molar-refractivity contribution in [3.63, 3.8) is 0 Å². The van der Waals surface area contributed by atoms with Crippen molar-refractivity contribution in [1.82, 2.24) is 8.75 Å². The van der Waals surface area contributed by atoms with Gasteiger partial charge in [0.15, 0.2) is 5.52 Å². The van der Waals surface area contributed by atoms with Crippen LogP contribution < -0.4 is 5.73 Å². The van der Waals surface area contributed by atoms with Gasteiger partial charge in [-0.2, -0.15) is 8.75 Å². The largest absolute Gasteiger partial charge is 0.397 e. The smallest absolute Gasteiger partial charge is 0.298 e. The molecule has 2 rings (SSSR count). The normalized spacial score (nSPS) is 10.5. The van der Waals surface area contributed by atoms with Gasteiger partial charge in [0, 0.05) is 6.07 Å². The summed E-state index contributed by atoms with van der Waals surface area (Å²) >= 11 is 0.914. The van der Waals surface area contributed by atoms with Crippen molar-refractivity contribution in [3.05, 3.63) is 22.2 Å². The number of anilines is 1. The van der Waals surface area contributed by atoms with Gasteiger partial charge in [0.05, 0.1) is 22.3 Å². The van der Waals surface area contributed by atoms with Gasteiger partial charge in [0.1, 0.15) is 5.52 Å². The van der Waals surface area contributed by atoms with Crippen molar-refractivity contribution in [2.45, 2.75) is 0 Å². The highest BCUT2D eigenvalue weighted by atomic mass is 32.1. The molecule has 0 aliphatic heterocycles. The predicted molar refractivity (Wildman–Crippen MR) is 48.5 cm³/mol. The zero-order chi connectivity index (χ0) is 9.42. The van der Waals surface area contributed by atoms with Crippen molar-refractivity contribution in [1.29, 1.82) is 0 Å². The molecule has 0 amide bonds. The maximum absolute atomic E-state index is 10.5. The first-order chi connectivity index (χ1) is 6.20. The van der Waals surface area contributed by atoms with Gasteiger partial charge < -0.3 is 5.73 Å². The second kappa shape index (κ2) is 2.63. The first-order valence-electron chi connectivity index (χ1n) is 3.35. The van der Waals surface area contributed by atoms with Crippen LogP contribution in [0.3, 0.4) is 0 Å². The van der Waals surface area contributed by atoms with Crippen LogP contribution in [0.2, 0.25) is 0 Å². The van der Waals surface area contributed by atoms with Crippen molar-refractivity contribution in [2.75, 3.05) is 5.73 Å². The number of nitrogen functional groups attached to an aromatic ring is 1. The molecule has 2 aromatic rings. The molecule has 0 saturated heterocycles. The van der Waals surface area contributed by atoms with Crippen molar-refractivity contribution < 1.29 is 4.92 Å². The van der Waals surface area contributed by atoms with E-state index in [-0.39, 0.29) is 11.2 Å². The van der Waals surface area contributed by atoms with Gasteiger partial charge in [0.25, 0.3) is 5.69 Å². The van der Waals surface area contributed by atoms with Crippen molar-refractivity contribution in [2.24, 2.45) is 0 Å². The number of nitrogens with two attached hydrogens (primary N) is 1. The average molecular weight is 196 g/mol. The number of hydrogen-bond acceptors (Lipinski definition) is 6. The van der Waals surface area contributed by atoms with Crippen LogP contribution >= 0.6 is 11.7 Å². The molecule has 0 radical (unpaired) electrons. The van der Waals surface area contributed by atoms with Crippen LogP contribution in [-0.4, -0.2) is 13.7 Å². The molecule has 0 bridgehead atoms. The van der Waals surface area contributed by atoms with Gasteiger partial charge in [-0.15, -0.1) is 0 Å². The number of non-ortho nitro benzene ring substituents is 1. The Morgan fingerprint density at radius 2 is 2.08 bits per heavy atom. The fourth-order valence-electron chi connectivity index (χ4n) is 1.02. The van der Waals surface area contributed by atoms with E-state index in [4.69, 9.17) is 5.73 Å². The lowest BCUT2D eigenvalue weighted by molar-refractivity contribution is -0.383. The van der Waals surface area contributed by atoms with Crippen LogP contribution in [-0.2, 0) is 0 Å². The summed E-state index contributed by atoms with van der Waals surface area (Å²) in [4.78, 5) is 10.0.